The molecule has 21 heavy (non-hydrogen) atoms. The van der Waals surface area contributed by atoms with Gasteiger partial charge < -0.3 is 5.73 Å². The summed E-state index contributed by atoms with van der Waals surface area (Å²) in [5.41, 5.74) is 10.4. The fourth-order valence-electron chi connectivity index (χ4n) is 4.65. The first-order chi connectivity index (χ1) is 10.1. The summed E-state index contributed by atoms with van der Waals surface area (Å²) in [5, 5.41) is 0.861. The molecule has 0 spiro atoms. The van der Waals surface area contributed by atoms with Crippen molar-refractivity contribution in [3.63, 3.8) is 0 Å². The molecule has 0 heterocycles. The predicted octanol–water partition coefficient (Wildman–Crippen LogP) is 5.56. The average molecular weight is 306 g/mol. The van der Waals surface area contributed by atoms with Crippen molar-refractivity contribution in [3.05, 3.63) is 33.8 Å². The maximum Gasteiger partial charge on any atom is 0.0438 e. The molecule has 1 nitrogen and oxygen atoms in total. The first-order valence-corrected chi connectivity index (χ1v) is 8.96. The van der Waals surface area contributed by atoms with Crippen LogP contribution < -0.4 is 5.73 Å². The highest BCUT2D eigenvalue weighted by Crippen LogP contribution is 2.46. The third-order valence-electron chi connectivity index (χ3n) is 5.99. The standard InChI is InChI=1S/C19H28ClN/c1-12-10-18(20)13(2)9-17(12)19(21)16-8-7-14-5-3-4-6-15(14)11-16/h9-10,14-16,19H,3-8,11,21H2,1-2H3. The fraction of sp³-hybridized carbons (Fsp3) is 0.684. The lowest BCUT2D eigenvalue weighted by atomic mass is 9.65. The first-order valence-electron chi connectivity index (χ1n) is 8.58. The second-order valence-corrected chi connectivity index (χ2v) is 7.77. The van der Waals surface area contributed by atoms with E-state index < -0.39 is 0 Å². The van der Waals surface area contributed by atoms with Gasteiger partial charge in [0.25, 0.3) is 0 Å². The van der Waals surface area contributed by atoms with E-state index >= 15 is 0 Å². The van der Waals surface area contributed by atoms with Crippen LogP contribution >= 0.6 is 11.6 Å². The molecule has 4 atom stereocenters. The number of halogens is 1. The van der Waals surface area contributed by atoms with Crippen molar-refractivity contribution in [1.29, 1.82) is 0 Å². The van der Waals surface area contributed by atoms with Crippen LogP contribution in [-0.2, 0) is 0 Å². The molecule has 2 heteroatoms. The summed E-state index contributed by atoms with van der Waals surface area (Å²) in [6, 6.07) is 4.48. The van der Waals surface area contributed by atoms with Crippen LogP contribution in [-0.4, -0.2) is 0 Å². The monoisotopic (exact) mass is 305 g/mol. The molecule has 2 saturated carbocycles. The van der Waals surface area contributed by atoms with Gasteiger partial charge in [-0.1, -0.05) is 43.4 Å². The Labute approximate surface area is 134 Å². The van der Waals surface area contributed by atoms with Crippen molar-refractivity contribution in [3.8, 4) is 0 Å². The van der Waals surface area contributed by atoms with Gasteiger partial charge in [0.05, 0.1) is 0 Å². The van der Waals surface area contributed by atoms with Crippen molar-refractivity contribution >= 4 is 11.6 Å². The lowest BCUT2D eigenvalue weighted by Crippen LogP contribution is -2.33. The van der Waals surface area contributed by atoms with Crippen LogP contribution in [0.4, 0.5) is 0 Å². The van der Waals surface area contributed by atoms with Crippen LogP contribution in [0.5, 0.6) is 0 Å². The highest BCUT2D eigenvalue weighted by molar-refractivity contribution is 6.31. The summed E-state index contributed by atoms with van der Waals surface area (Å²) in [4.78, 5) is 0. The van der Waals surface area contributed by atoms with E-state index in [0.717, 1.165) is 22.4 Å². The molecule has 0 radical (unpaired) electrons. The molecule has 0 bridgehead atoms. The van der Waals surface area contributed by atoms with Crippen molar-refractivity contribution in [2.75, 3.05) is 0 Å². The number of aryl methyl sites for hydroxylation is 2. The van der Waals surface area contributed by atoms with E-state index in [0.29, 0.717) is 5.92 Å². The molecule has 3 rings (SSSR count). The molecule has 2 aliphatic carbocycles. The average Bonchev–Trinajstić information content (AvgIpc) is 2.50. The molecule has 0 aromatic heterocycles. The summed E-state index contributed by atoms with van der Waals surface area (Å²) < 4.78 is 0. The van der Waals surface area contributed by atoms with Crippen LogP contribution in [0.15, 0.2) is 12.1 Å². The summed E-state index contributed by atoms with van der Waals surface area (Å²) in [6.07, 6.45) is 9.83. The second kappa shape index (κ2) is 6.30. The predicted molar refractivity (Wildman–Crippen MR) is 90.6 cm³/mol. The quantitative estimate of drug-likeness (QED) is 0.760. The molecule has 1 aromatic carbocycles. The molecular formula is C19H28ClN. The number of rotatable bonds is 2. The first kappa shape index (κ1) is 15.4. The van der Waals surface area contributed by atoms with Crippen LogP contribution in [0, 0.1) is 31.6 Å². The summed E-state index contributed by atoms with van der Waals surface area (Å²) >= 11 is 6.23. The van der Waals surface area contributed by atoms with Crippen LogP contribution in [0.25, 0.3) is 0 Å². The number of nitrogens with two attached hydrogens (primary N) is 1. The SMILES string of the molecule is Cc1cc(C(N)C2CCC3CCCCC3C2)c(C)cc1Cl. The van der Waals surface area contributed by atoms with E-state index in [1.807, 2.05) is 0 Å². The summed E-state index contributed by atoms with van der Waals surface area (Å²) in [7, 11) is 0. The van der Waals surface area contributed by atoms with E-state index in [1.165, 1.54) is 56.1 Å². The lowest BCUT2D eigenvalue weighted by Gasteiger charge is -2.41. The molecule has 2 aliphatic rings. The smallest absolute Gasteiger partial charge is 0.0438 e. The number of hydrogen-bond acceptors (Lipinski definition) is 1. The van der Waals surface area contributed by atoms with E-state index in [1.54, 1.807) is 0 Å². The molecule has 1 aromatic rings. The molecule has 4 unspecified atom stereocenters. The topological polar surface area (TPSA) is 26.0 Å². The van der Waals surface area contributed by atoms with Gasteiger partial charge in [-0.3, -0.25) is 0 Å². The zero-order valence-corrected chi connectivity index (χ0v) is 14.1. The Hall–Kier alpha value is -0.530. The minimum Gasteiger partial charge on any atom is -0.324 e. The third kappa shape index (κ3) is 3.14. The zero-order chi connectivity index (χ0) is 15.0. The number of benzene rings is 1. The van der Waals surface area contributed by atoms with Crippen LogP contribution in [0.1, 0.15) is 67.7 Å². The van der Waals surface area contributed by atoms with Gasteiger partial charge in [-0.15, -0.1) is 0 Å². The van der Waals surface area contributed by atoms with Crippen LogP contribution in [0.3, 0.4) is 0 Å². The number of fused-ring (bicyclic) bond motifs is 1. The molecule has 0 saturated heterocycles. The van der Waals surface area contributed by atoms with Gasteiger partial charge in [0.15, 0.2) is 0 Å². The van der Waals surface area contributed by atoms with E-state index in [2.05, 4.69) is 26.0 Å². The second-order valence-electron chi connectivity index (χ2n) is 7.36. The maximum atomic E-state index is 6.67. The van der Waals surface area contributed by atoms with Crippen molar-refractivity contribution in [1.82, 2.24) is 0 Å². The Kier molecular flexibility index (Phi) is 4.61. The number of hydrogen-bond donors (Lipinski definition) is 1. The Morgan fingerprint density at radius 1 is 1.00 bits per heavy atom. The van der Waals surface area contributed by atoms with Gasteiger partial charge in [-0.2, -0.15) is 0 Å². The Morgan fingerprint density at radius 2 is 1.71 bits per heavy atom. The Morgan fingerprint density at radius 3 is 2.48 bits per heavy atom. The van der Waals surface area contributed by atoms with Gasteiger partial charge >= 0.3 is 0 Å². The lowest BCUT2D eigenvalue weighted by molar-refractivity contribution is 0.117. The van der Waals surface area contributed by atoms with Gasteiger partial charge in [0.1, 0.15) is 0 Å². The van der Waals surface area contributed by atoms with Gasteiger partial charge in [0.2, 0.25) is 0 Å². The van der Waals surface area contributed by atoms with Gasteiger partial charge in [-0.25, -0.2) is 0 Å². The molecule has 2 fully saturated rings. The molecule has 0 amide bonds. The molecular weight excluding hydrogens is 278 g/mol. The van der Waals surface area contributed by atoms with E-state index in [-0.39, 0.29) is 6.04 Å². The van der Waals surface area contributed by atoms with Crippen molar-refractivity contribution in [2.45, 2.75) is 64.8 Å². The summed E-state index contributed by atoms with van der Waals surface area (Å²) in [5.74, 6) is 2.59. The molecule has 0 aliphatic heterocycles. The Bertz CT molecular complexity index is 511. The highest BCUT2D eigenvalue weighted by Gasteiger charge is 2.35. The normalized spacial score (nSPS) is 30.8. The highest BCUT2D eigenvalue weighted by atomic mass is 35.5. The minimum atomic E-state index is 0.184. The molecule has 116 valence electrons. The van der Waals surface area contributed by atoms with Crippen molar-refractivity contribution < 1.29 is 0 Å². The Balaban J connectivity index is 1.76. The largest absolute Gasteiger partial charge is 0.324 e. The molecule has 2 N–H and O–H groups in total. The maximum absolute atomic E-state index is 6.67. The van der Waals surface area contributed by atoms with Gasteiger partial charge in [0, 0.05) is 11.1 Å². The van der Waals surface area contributed by atoms with E-state index in [9.17, 15) is 0 Å². The minimum absolute atomic E-state index is 0.184. The third-order valence-corrected chi connectivity index (χ3v) is 6.40. The van der Waals surface area contributed by atoms with Gasteiger partial charge in [-0.05, 0) is 73.6 Å². The summed E-state index contributed by atoms with van der Waals surface area (Å²) in [6.45, 7) is 4.22. The van der Waals surface area contributed by atoms with E-state index in [4.69, 9.17) is 17.3 Å². The zero-order valence-electron chi connectivity index (χ0n) is 13.4. The van der Waals surface area contributed by atoms with Crippen LogP contribution in [0.2, 0.25) is 5.02 Å². The fourth-order valence-corrected chi connectivity index (χ4v) is 4.87. The van der Waals surface area contributed by atoms with Crippen molar-refractivity contribution in [2.24, 2.45) is 23.5 Å².